The third kappa shape index (κ3) is 3.68. The summed E-state index contributed by atoms with van der Waals surface area (Å²) < 4.78 is 45.6. The molecule has 1 aliphatic rings. The van der Waals surface area contributed by atoms with E-state index in [1.54, 1.807) is 0 Å². The third-order valence-corrected chi connectivity index (χ3v) is 4.85. The van der Waals surface area contributed by atoms with Crippen LogP contribution in [-0.4, -0.2) is 27.7 Å². The van der Waals surface area contributed by atoms with E-state index in [0.717, 1.165) is 31.9 Å². The highest BCUT2D eigenvalue weighted by atomic mass is 32.2. The minimum absolute atomic E-state index is 0.0735. The number of sulfonamides is 1. The zero-order chi connectivity index (χ0) is 14.6. The zero-order valence-electron chi connectivity index (χ0n) is 11.1. The lowest BCUT2D eigenvalue weighted by Crippen LogP contribution is -2.30. The van der Waals surface area contributed by atoms with Gasteiger partial charge in [-0.2, -0.15) is 0 Å². The molecule has 3 N–H and O–H groups in total. The number of anilines is 1. The molecule has 20 heavy (non-hydrogen) atoms. The molecule has 0 spiro atoms. The average molecular weight is 302 g/mol. The molecule has 1 atom stereocenters. The van der Waals surface area contributed by atoms with E-state index in [2.05, 4.69) is 4.72 Å². The van der Waals surface area contributed by atoms with Crippen molar-refractivity contribution >= 4 is 15.7 Å². The first-order valence-electron chi connectivity index (χ1n) is 6.66. The lowest BCUT2D eigenvalue weighted by molar-refractivity contribution is 0.0123. The Balaban J connectivity index is 1.97. The van der Waals surface area contributed by atoms with Gasteiger partial charge in [-0.1, -0.05) is 6.07 Å². The normalized spacial score (nSPS) is 19.9. The molecule has 112 valence electrons. The first kappa shape index (κ1) is 15.2. The Morgan fingerprint density at radius 1 is 1.40 bits per heavy atom. The molecule has 1 fully saturated rings. The van der Waals surface area contributed by atoms with E-state index in [1.807, 2.05) is 0 Å². The highest BCUT2D eigenvalue weighted by Gasteiger charge is 2.22. The second kappa shape index (κ2) is 6.51. The maximum Gasteiger partial charge on any atom is 0.245 e. The fourth-order valence-corrected chi connectivity index (χ4v) is 3.50. The molecule has 0 saturated carbocycles. The second-order valence-corrected chi connectivity index (χ2v) is 6.54. The number of ether oxygens (including phenoxy) is 1. The minimum atomic E-state index is -3.93. The third-order valence-electron chi connectivity index (χ3n) is 3.30. The fraction of sp³-hybridized carbons (Fsp3) is 0.538. The summed E-state index contributed by atoms with van der Waals surface area (Å²) in [7, 11) is -3.93. The van der Waals surface area contributed by atoms with Crippen LogP contribution >= 0.6 is 0 Å². The van der Waals surface area contributed by atoms with Gasteiger partial charge in [-0.3, -0.25) is 0 Å². The number of nitrogens with one attached hydrogen (secondary N) is 1. The van der Waals surface area contributed by atoms with E-state index >= 15 is 0 Å². The second-order valence-electron chi connectivity index (χ2n) is 4.83. The van der Waals surface area contributed by atoms with Crippen molar-refractivity contribution in [1.29, 1.82) is 0 Å². The van der Waals surface area contributed by atoms with Gasteiger partial charge in [-0.25, -0.2) is 17.5 Å². The van der Waals surface area contributed by atoms with Crippen LogP contribution in [0.3, 0.4) is 0 Å². The van der Waals surface area contributed by atoms with E-state index in [1.165, 1.54) is 12.1 Å². The topological polar surface area (TPSA) is 81.4 Å². The molecule has 2 rings (SSSR count). The Hall–Kier alpha value is -1.18. The van der Waals surface area contributed by atoms with Gasteiger partial charge < -0.3 is 10.5 Å². The maximum atomic E-state index is 13.6. The first-order valence-corrected chi connectivity index (χ1v) is 8.14. The van der Waals surface area contributed by atoms with Crippen LogP contribution in [0, 0.1) is 5.82 Å². The molecule has 0 bridgehead atoms. The van der Waals surface area contributed by atoms with Gasteiger partial charge in [0.05, 0.1) is 11.8 Å². The smallest absolute Gasteiger partial charge is 0.245 e. The lowest BCUT2D eigenvalue weighted by Gasteiger charge is -2.22. The van der Waals surface area contributed by atoms with Gasteiger partial charge in [0.25, 0.3) is 0 Å². The van der Waals surface area contributed by atoms with Gasteiger partial charge in [-0.15, -0.1) is 0 Å². The van der Waals surface area contributed by atoms with Crippen LogP contribution in [0.4, 0.5) is 10.1 Å². The van der Waals surface area contributed by atoms with Crippen molar-refractivity contribution < 1.29 is 17.5 Å². The zero-order valence-corrected chi connectivity index (χ0v) is 12.0. The molecule has 0 radical (unpaired) electrons. The summed E-state index contributed by atoms with van der Waals surface area (Å²) in [5.74, 6) is -0.841. The van der Waals surface area contributed by atoms with Crippen LogP contribution in [0.1, 0.15) is 25.7 Å². The number of halogens is 1. The van der Waals surface area contributed by atoms with Crippen LogP contribution in [-0.2, 0) is 14.8 Å². The van der Waals surface area contributed by atoms with Crippen LogP contribution in [0.2, 0.25) is 0 Å². The standard InChI is InChI=1S/C13H19FN2O3S/c14-11-5-3-6-12(15)13(11)20(17,18)16-8-7-10-4-1-2-9-19-10/h3,5-6,10,16H,1-2,4,7-9,15H2. The molecule has 5 nitrogen and oxygen atoms in total. The van der Waals surface area contributed by atoms with Crippen LogP contribution in [0.5, 0.6) is 0 Å². The number of hydrogen-bond donors (Lipinski definition) is 2. The summed E-state index contributed by atoms with van der Waals surface area (Å²) in [5, 5.41) is 0. The predicted octanol–water partition coefficient (Wildman–Crippen LogP) is 1.65. The number of rotatable bonds is 5. The van der Waals surface area contributed by atoms with Crippen LogP contribution in [0.15, 0.2) is 23.1 Å². The van der Waals surface area contributed by atoms with Crippen molar-refractivity contribution in [2.45, 2.75) is 36.7 Å². The van der Waals surface area contributed by atoms with E-state index in [-0.39, 0.29) is 18.3 Å². The van der Waals surface area contributed by atoms with E-state index < -0.39 is 20.7 Å². The van der Waals surface area contributed by atoms with E-state index in [0.29, 0.717) is 6.42 Å². The van der Waals surface area contributed by atoms with Gasteiger partial charge >= 0.3 is 0 Å². The van der Waals surface area contributed by atoms with E-state index in [4.69, 9.17) is 10.5 Å². The largest absolute Gasteiger partial charge is 0.398 e. The van der Waals surface area contributed by atoms with Crippen molar-refractivity contribution in [1.82, 2.24) is 4.72 Å². The van der Waals surface area contributed by atoms with Gasteiger partial charge in [0, 0.05) is 13.2 Å². The summed E-state index contributed by atoms with van der Waals surface area (Å²) in [5.41, 5.74) is 5.45. The molecule has 1 aromatic rings. The highest BCUT2D eigenvalue weighted by Crippen LogP contribution is 2.21. The van der Waals surface area contributed by atoms with Gasteiger partial charge in [0.2, 0.25) is 10.0 Å². The monoisotopic (exact) mass is 302 g/mol. The number of nitrogen functional groups attached to an aromatic ring is 1. The Kier molecular flexibility index (Phi) is 4.95. The molecular formula is C13H19FN2O3S. The Morgan fingerprint density at radius 3 is 2.85 bits per heavy atom. The van der Waals surface area contributed by atoms with Gasteiger partial charge in [0.1, 0.15) is 10.7 Å². The molecule has 1 unspecified atom stereocenters. The molecule has 0 aromatic heterocycles. The quantitative estimate of drug-likeness (QED) is 0.810. The van der Waals surface area contributed by atoms with Crippen LogP contribution in [0.25, 0.3) is 0 Å². The van der Waals surface area contributed by atoms with Crippen molar-refractivity contribution in [3.63, 3.8) is 0 Å². The van der Waals surface area contributed by atoms with Gasteiger partial charge in [-0.05, 0) is 37.8 Å². The Labute approximate surface area is 118 Å². The Morgan fingerprint density at radius 2 is 2.20 bits per heavy atom. The van der Waals surface area contributed by atoms with Crippen molar-refractivity contribution in [2.75, 3.05) is 18.9 Å². The predicted molar refractivity (Wildman–Crippen MR) is 74.2 cm³/mol. The first-order chi connectivity index (χ1) is 9.50. The number of benzene rings is 1. The summed E-state index contributed by atoms with van der Waals surface area (Å²) >= 11 is 0. The molecule has 1 saturated heterocycles. The number of hydrogen-bond acceptors (Lipinski definition) is 4. The average Bonchev–Trinajstić information content (AvgIpc) is 2.39. The summed E-state index contributed by atoms with van der Waals surface area (Å²) in [4.78, 5) is -0.482. The summed E-state index contributed by atoms with van der Waals surface area (Å²) in [6, 6.07) is 3.82. The fourth-order valence-electron chi connectivity index (χ4n) is 2.27. The molecule has 1 aromatic carbocycles. The van der Waals surface area contributed by atoms with Crippen LogP contribution < -0.4 is 10.5 Å². The number of nitrogens with two attached hydrogens (primary N) is 1. The molecule has 7 heteroatoms. The van der Waals surface area contributed by atoms with Crippen molar-refractivity contribution in [3.8, 4) is 0 Å². The molecular weight excluding hydrogens is 283 g/mol. The Bertz CT molecular complexity index is 536. The van der Waals surface area contributed by atoms with Crippen molar-refractivity contribution in [2.24, 2.45) is 0 Å². The molecule has 0 aliphatic carbocycles. The van der Waals surface area contributed by atoms with E-state index in [9.17, 15) is 12.8 Å². The SMILES string of the molecule is Nc1cccc(F)c1S(=O)(=O)NCCC1CCCCO1. The minimum Gasteiger partial charge on any atom is -0.398 e. The molecule has 1 heterocycles. The molecule has 1 aliphatic heterocycles. The maximum absolute atomic E-state index is 13.6. The molecule has 0 amide bonds. The highest BCUT2D eigenvalue weighted by molar-refractivity contribution is 7.89. The lowest BCUT2D eigenvalue weighted by atomic mass is 10.1. The summed E-state index contributed by atoms with van der Waals surface area (Å²) in [6.07, 6.45) is 3.73. The summed E-state index contributed by atoms with van der Waals surface area (Å²) in [6.45, 7) is 0.929. The van der Waals surface area contributed by atoms with Crippen molar-refractivity contribution in [3.05, 3.63) is 24.0 Å². The van der Waals surface area contributed by atoms with Gasteiger partial charge in [0.15, 0.2) is 0 Å².